The minimum absolute atomic E-state index is 0.0574. The fourth-order valence-corrected chi connectivity index (χ4v) is 2.90. The first kappa shape index (κ1) is 17.3. The van der Waals surface area contributed by atoms with Crippen LogP contribution in [0.2, 0.25) is 0 Å². The van der Waals surface area contributed by atoms with Gasteiger partial charge in [-0.15, -0.1) is 0 Å². The van der Waals surface area contributed by atoms with E-state index in [1.165, 1.54) is 11.6 Å². The smallest absolute Gasteiger partial charge is 0.256 e. The van der Waals surface area contributed by atoms with Crippen molar-refractivity contribution in [3.05, 3.63) is 89.6 Å². The second-order valence-electron chi connectivity index (χ2n) is 6.25. The van der Waals surface area contributed by atoms with Crippen molar-refractivity contribution in [2.45, 2.75) is 32.1 Å². The van der Waals surface area contributed by atoms with Gasteiger partial charge in [0.05, 0.1) is 5.69 Å². The van der Waals surface area contributed by atoms with Gasteiger partial charge in [-0.3, -0.25) is 4.98 Å². The molecule has 2 aromatic carbocycles. The first-order valence-corrected chi connectivity index (χ1v) is 8.56. The van der Waals surface area contributed by atoms with Crippen molar-refractivity contribution < 1.29 is 8.78 Å². The van der Waals surface area contributed by atoms with Crippen molar-refractivity contribution >= 4 is 0 Å². The Kier molecular flexibility index (Phi) is 5.22. The largest absolute Gasteiger partial charge is 0.273 e. The summed E-state index contributed by atoms with van der Waals surface area (Å²) in [4.78, 5) is 4.47. The number of hydrogen-bond donors (Lipinski definition) is 0. The summed E-state index contributed by atoms with van der Waals surface area (Å²) in [6, 6.07) is 20.6. The predicted octanol–water partition coefficient (Wildman–Crippen LogP) is 6.23. The molecule has 0 unspecified atom stereocenters. The standard InChI is InChI=1S/C22H21F2N/c1-2-13-22(23,24)20-10-6-9-19(15-20)21-12-11-18(16-25-21)14-17-7-4-3-5-8-17/h3-12,15-16H,2,13-14H2,1H3. The van der Waals surface area contributed by atoms with Crippen molar-refractivity contribution in [1.82, 2.24) is 4.98 Å². The Morgan fingerprint density at radius 3 is 2.36 bits per heavy atom. The summed E-state index contributed by atoms with van der Waals surface area (Å²) in [5.41, 5.74) is 3.81. The number of hydrogen-bond acceptors (Lipinski definition) is 1. The van der Waals surface area contributed by atoms with Crippen LogP contribution in [0.4, 0.5) is 8.78 Å². The van der Waals surface area contributed by atoms with Crippen LogP contribution in [0.15, 0.2) is 72.9 Å². The molecule has 1 heterocycles. The lowest BCUT2D eigenvalue weighted by molar-refractivity contribution is -0.0139. The summed E-state index contributed by atoms with van der Waals surface area (Å²) < 4.78 is 28.3. The van der Waals surface area contributed by atoms with Crippen LogP contribution in [0.25, 0.3) is 11.3 Å². The summed E-state index contributed by atoms with van der Waals surface area (Å²) in [6.45, 7) is 1.77. The summed E-state index contributed by atoms with van der Waals surface area (Å²) in [5, 5.41) is 0. The van der Waals surface area contributed by atoms with Crippen LogP contribution in [0.3, 0.4) is 0 Å². The maximum atomic E-state index is 14.1. The second-order valence-corrected chi connectivity index (χ2v) is 6.25. The Morgan fingerprint density at radius 1 is 0.880 bits per heavy atom. The third kappa shape index (κ3) is 4.30. The molecule has 128 valence electrons. The molecule has 0 amide bonds. The fourth-order valence-electron chi connectivity index (χ4n) is 2.90. The Morgan fingerprint density at radius 2 is 1.68 bits per heavy atom. The molecule has 3 heteroatoms. The van der Waals surface area contributed by atoms with Crippen LogP contribution in [0.1, 0.15) is 36.5 Å². The Labute approximate surface area is 147 Å². The number of aromatic nitrogens is 1. The van der Waals surface area contributed by atoms with Crippen LogP contribution in [-0.4, -0.2) is 4.98 Å². The molecule has 0 N–H and O–H groups in total. The lowest BCUT2D eigenvalue weighted by atomic mass is 9.99. The van der Waals surface area contributed by atoms with E-state index < -0.39 is 5.92 Å². The van der Waals surface area contributed by atoms with Gasteiger partial charge in [-0.05, 0) is 29.7 Å². The highest BCUT2D eigenvalue weighted by atomic mass is 19.3. The fraction of sp³-hybridized carbons (Fsp3) is 0.227. The van der Waals surface area contributed by atoms with E-state index in [9.17, 15) is 8.78 Å². The van der Waals surface area contributed by atoms with Crippen LogP contribution < -0.4 is 0 Å². The monoisotopic (exact) mass is 337 g/mol. The van der Waals surface area contributed by atoms with Gasteiger partial charge in [0, 0.05) is 23.7 Å². The van der Waals surface area contributed by atoms with Crippen molar-refractivity contribution in [2.75, 3.05) is 0 Å². The van der Waals surface area contributed by atoms with Crippen molar-refractivity contribution in [3.63, 3.8) is 0 Å². The summed E-state index contributed by atoms with van der Waals surface area (Å²) in [6.07, 6.45) is 2.94. The second kappa shape index (κ2) is 7.56. The SMILES string of the molecule is CCCC(F)(F)c1cccc(-c2ccc(Cc3ccccc3)cn2)c1. The zero-order valence-electron chi connectivity index (χ0n) is 14.3. The molecule has 0 saturated carbocycles. The van der Waals surface area contributed by atoms with Crippen molar-refractivity contribution in [3.8, 4) is 11.3 Å². The molecule has 1 aromatic heterocycles. The third-order valence-corrected chi connectivity index (χ3v) is 4.22. The van der Waals surface area contributed by atoms with Gasteiger partial charge in [-0.2, -0.15) is 0 Å². The predicted molar refractivity (Wildman–Crippen MR) is 97.7 cm³/mol. The molecule has 0 spiro atoms. The van der Waals surface area contributed by atoms with Crippen LogP contribution in [0.5, 0.6) is 0 Å². The van der Waals surface area contributed by atoms with Crippen molar-refractivity contribution in [1.29, 1.82) is 0 Å². The molecule has 3 aromatic rings. The zero-order chi connectivity index (χ0) is 17.7. The molecule has 0 radical (unpaired) electrons. The van der Waals surface area contributed by atoms with Gasteiger partial charge in [0.2, 0.25) is 0 Å². The first-order chi connectivity index (χ1) is 12.1. The highest BCUT2D eigenvalue weighted by Gasteiger charge is 2.30. The molecule has 1 nitrogen and oxygen atoms in total. The van der Waals surface area contributed by atoms with E-state index in [2.05, 4.69) is 17.1 Å². The quantitative estimate of drug-likeness (QED) is 0.519. The molecular formula is C22H21F2N. The van der Waals surface area contributed by atoms with Gasteiger partial charge < -0.3 is 0 Å². The minimum Gasteiger partial charge on any atom is -0.256 e. The molecule has 0 fully saturated rings. The minimum atomic E-state index is -2.79. The molecule has 0 saturated heterocycles. The van der Waals surface area contributed by atoms with Gasteiger partial charge in [0.25, 0.3) is 5.92 Å². The van der Waals surface area contributed by atoms with Gasteiger partial charge in [0.15, 0.2) is 0 Å². The number of rotatable bonds is 6. The number of nitrogens with zero attached hydrogens (tertiary/aromatic N) is 1. The van der Waals surface area contributed by atoms with E-state index in [0.29, 0.717) is 12.1 Å². The lowest BCUT2D eigenvalue weighted by Gasteiger charge is -2.16. The summed E-state index contributed by atoms with van der Waals surface area (Å²) in [7, 11) is 0. The highest BCUT2D eigenvalue weighted by molar-refractivity contribution is 5.60. The highest BCUT2D eigenvalue weighted by Crippen LogP contribution is 2.34. The normalized spacial score (nSPS) is 11.5. The van der Waals surface area contributed by atoms with Gasteiger partial charge in [0.1, 0.15) is 0 Å². The van der Waals surface area contributed by atoms with Gasteiger partial charge >= 0.3 is 0 Å². The van der Waals surface area contributed by atoms with E-state index in [-0.39, 0.29) is 12.0 Å². The number of pyridine rings is 1. The first-order valence-electron chi connectivity index (χ1n) is 8.56. The molecule has 3 rings (SSSR count). The van der Waals surface area contributed by atoms with Gasteiger partial charge in [-0.25, -0.2) is 8.78 Å². The van der Waals surface area contributed by atoms with E-state index in [1.807, 2.05) is 42.6 Å². The van der Waals surface area contributed by atoms with Gasteiger partial charge in [-0.1, -0.05) is 67.9 Å². The Bertz CT molecular complexity index is 811. The Balaban J connectivity index is 1.81. The number of alkyl halides is 2. The third-order valence-electron chi connectivity index (χ3n) is 4.22. The molecule has 0 bridgehead atoms. The van der Waals surface area contributed by atoms with E-state index >= 15 is 0 Å². The van der Waals surface area contributed by atoms with E-state index in [4.69, 9.17) is 0 Å². The lowest BCUT2D eigenvalue weighted by Crippen LogP contribution is -2.12. The summed E-state index contributed by atoms with van der Waals surface area (Å²) >= 11 is 0. The van der Waals surface area contributed by atoms with Crippen LogP contribution in [-0.2, 0) is 12.3 Å². The zero-order valence-corrected chi connectivity index (χ0v) is 14.3. The maximum Gasteiger partial charge on any atom is 0.273 e. The molecule has 0 aliphatic rings. The summed E-state index contributed by atoms with van der Waals surface area (Å²) in [5.74, 6) is -2.79. The van der Waals surface area contributed by atoms with E-state index in [1.54, 1.807) is 19.1 Å². The van der Waals surface area contributed by atoms with E-state index in [0.717, 1.165) is 17.5 Å². The number of benzene rings is 2. The number of halogens is 2. The average Bonchev–Trinajstić information content (AvgIpc) is 2.63. The maximum absolute atomic E-state index is 14.1. The Hall–Kier alpha value is -2.55. The van der Waals surface area contributed by atoms with Crippen LogP contribution in [0, 0.1) is 0 Å². The topological polar surface area (TPSA) is 12.9 Å². The van der Waals surface area contributed by atoms with Crippen LogP contribution >= 0.6 is 0 Å². The molecular weight excluding hydrogens is 316 g/mol. The molecule has 25 heavy (non-hydrogen) atoms. The molecule has 0 aliphatic heterocycles. The van der Waals surface area contributed by atoms with Crippen molar-refractivity contribution in [2.24, 2.45) is 0 Å². The molecule has 0 atom stereocenters. The molecule has 0 aliphatic carbocycles. The average molecular weight is 337 g/mol.